The van der Waals surface area contributed by atoms with Crippen molar-refractivity contribution < 1.29 is 19.1 Å². The number of nitrogens with zero attached hydrogens (tertiary/aromatic N) is 1. The second-order valence-corrected chi connectivity index (χ2v) is 5.68. The normalized spacial score (nSPS) is 17.3. The average molecular weight is 289 g/mol. The lowest BCUT2D eigenvalue weighted by atomic mass is 10.5. The molecule has 7 heteroatoms. The third-order valence-electron chi connectivity index (χ3n) is 2.06. The van der Waals surface area contributed by atoms with E-state index in [2.05, 4.69) is 0 Å². The van der Waals surface area contributed by atoms with Crippen molar-refractivity contribution in [3.8, 4) is 0 Å². The molecule has 18 heavy (non-hydrogen) atoms. The molecule has 0 atom stereocenters. The molecular formula is C11H15NO4S2. The van der Waals surface area contributed by atoms with E-state index in [9.17, 15) is 14.4 Å². The number of carbonyl (C=O) groups is 3. The number of rotatable bonds is 5. The fourth-order valence-corrected chi connectivity index (χ4v) is 2.85. The van der Waals surface area contributed by atoms with Gasteiger partial charge in [-0.15, -0.1) is 0 Å². The van der Waals surface area contributed by atoms with Crippen molar-refractivity contribution >= 4 is 40.5 Å². The van der Waals surface area contributed by atoms with Crippen LogP contribution in [0, 0.1) is 0 Å². The largest absolute Gasteiger partial charge is 0.463 e. The molecular weight excluding hydrogens is 274 g/mol. The zero-order valence-corrected chi connectivity index (χ0v) is 11.9. The number of hydrogen-bond acceptors (Lipinski definition) is 6. The van der Waals surface area contributed by atoms with Crippen LogP contribution in [-0.2, 0) is 19.1 Å². The van der Waals surface area contributed by atoms with Crippen LogP contribution in [-0.4, -0.2) is 46.5 Å². The van der Waals surface area contributed by atoms with Crippen LogP contribution >= 0.6 is 23.5 Å². The van der Waals surface area contributed by atoms with Crippen molar-refractivity contribution in [2.75, 3.05) is 24.7 Å². The Morgan fingerprint density at radius 3 is 2.89 bits per heavy atom. The summed E-state index contributed by atoms with van der Waals surface area (Å²) in [6.07, 6.45) is 1.33. The summed E-state index contributed by atoms with van der Waals surface area (Å²) >= 11 is 2.48. The average Bonchev–Trinajstić information content (AvgIpc) is 2.61. The van der Waals surface area contributed by atoms with Crippen LogP contribution < -0.4 is 0 Å². The van der Waals surface area contributed by atoms with Crippen LogP contribution in [0.4, 0.5) is 0 Å². The minimum absolute atomic E-state index is 0.0187. The molecule has 1 fully saturated rings. The molecule has 5 nitrogen and oxygen atoms in total. The van der Waals surface area contributed by atoms with Gasteiger partial charge >= 0.3 is 5.97 Å². The molecule has 0 aliphatic carbocycles. The standard InChI is InChI=1S/C11H15NO4S2/c1-3-16-11(15)6-10-12(9(14)7-18-10)4-5-17-8(2)13/h6H,3-5,7H2,1-2H3/b10-6-. The molecule has 1 aliphatic rings. The van der Waals surface area contributed by atoms with E-state index in [4.69, 9.17) is 4.74 Å². The van der Waals surface area contributed by atoms with Crippen molar-refractivity contribution in [3.63, 3.8) is 0 Å². The molecule has 1 rings (SSSR count). The maximum atomic E-state index is 11.6. The first kappa shape index (κ1) is 15.1. The Kier molecular flexibility index (Phi) is 6.28. The van der Waals surface area contributed by atoms with Gasteiger partial charge in [-0.1, -0.05) is 23.5 Å². The lowest BCUT2D eigenvalue weighted by Gasteiger charge is -2.15. The molecule has 1 heterocycles. The number of amides is 1. The van der Waals surface area contributed by atoms with Crippen LogP contribution in [0.15, 0.2) is 11.1 Å². The van der Waals surface area contributed by atoms with E-state index in [1.807, 2.05) is 0 Å². The predicted molar refractivity (Wildman–Crippen MR) is 72.0 cm³/mol. The summed E-state index contributed by atoms with van der Waals surface area (Å²) < 4.78 is 4.80. The van der Waals surface area contributed by atoms with Crippen molar-refractivity contribution in [2.24, 2.45) is 0 Å². The first-order valence-electron chi connectivity index (χ1n) is 5.49. The summed E-state index contributed by atoms with van der Waals surface area (Å²) in [6, 6.07) is 0. The minimum atomic E-state index is -0.445. The highest BCUT2D eigenvalue weighted by atomic mass is 32.2. The molecule has 100 valence electrons. The van der Waals surface area contributed by atoms with Crippen LogP contribution in [0.5, 0.6) is 0 Å². The summed E-state index contributed by atoms with van der Waals surface area (Å²) in [5.74, 6) is 0.372. The van der Waals surface area contributed by atoms with E-state index in [1.54, 1.807) is 6.92 Å². The molecule has 0 bridgehead atoms. The molecule has 0 aromatic heterocycles. The third kappa shape index (κ3) is 4.73. The summed E-state index contributed by atoms with van der Waals surface area (Å²) in [5.41, 5.74) is 0. The van der Waals surface area contributed by atoms with Crippen LogP contribution in [0.3, 0.4) is 0 Å². The van der Waals surface area contributed by atoms with Gasteiger partial charge in [0, 0.05) is 19.2 Å². The smallest absolute Gasteiger partial charge is 0.333 e. The van der Waals surface area contributed by atoms with Gasteiger partial charge in [-0.25, -0.2) is 4.79 Å². The molecule has 0 spiro atoms. The second kappa shape index (κ2) is 7.48. The Balaban J connectivity index is 2.58. The highest BCUT2D eigenvalue weighted by Crippen LogP contribution is 2.28. The van der Waals surface area contributed by atoms with Crippen molar-refractivity contribution in [1.29, 1.82) is 0 Å². The molecule has 0 saturated carbocycles. The lowest BCUT2D eigenvalue weighted by Crippen LogP contribution is -2.27. The van der Waals surface area contributed by atoms with Crippen molar-refractivity contribution in [2.45, 2.75) is 13.8 Å². The molecule has 0 unspecified atom stereocenters. The van der Waals surface area contributed by atoms with Gasteiger partial charge < -0.3 is 9.64 Å². The maximum Gasteiger partial charge on any atom is 0.333 e. The third-order valence-corrected chi connectivity index (χ3v) is 3.88. The Bertz CT molecular complexity index is 381. The SMILES string of the molecule is CCOC(=O)/C=C1\SCC(=O)N1CCSC(C)=O. The van der Waals surface area contributed by atoms with Gasteiger partial charge in [-0.3, -0.25) is 9.59 Å². The van der Waals surface area contributed by atoms with E-state index in [0.717, 1.165) is 0 Å². The maximum absolute atomic E-state index is 11.6. The van der Waals surface area contributed by atoms with Gasteiger partial charge in [0.25, 0.3) is 0 Å². The van der Waals surface area contributed by atoms with E-state index < -0.39 is 5.97 Å². The predicted octanol–water partition coefficient (Wildman–Crippen LogP) is 1.25. The number of esters is 1. The van der Waals surface area contributed by atoms with E-state index >= 15 is 0 Å². The first-order valence-corrected chi connectivity index (χ1v) is 7.46. The van der Waals surface area contributed by atoms with Crippen LogP contribution in [0.2, 0.25) is 0 Å². The number of thioether (sulfide) groups is 2. The van der Waals surface area contributed by atoms with E-state index in [1.165, 1.54) is 41.4 Å². The number of ether oxygens (including phenoxy) is 1. The summed E-state index contributed by atoms with van der Waals surface area (Å²) in [5, 5.41) is 0.618. The molecule has 0 aromatic rings. The second-order valence-electron chi connectivity index (χ2n) is 3.41. The Morgan fingerprint density at radius 2 is 2.28 bits per heavy atom. The van der Waals surface area contributed by atoms with Crippen LogP contribution in [0.1, 0.15) is 13.8 Å². The molecule has 1 saturated heterocycles. The van der Waals surface area contributed by atoms with E-state index in [-0.39, 0.29) is 11.0 Å². The van der Waals surface area contributed by atoms with Crippen LogP contribution in [0.25, 0.3) is 0 Å². The fraction of sp³-hybridized carbons (Fsp3) is 0.545. The minimum Gasteiger partial charge on any atom is -0.463 e. The summed E-state index contributed by atoms with van der Waals surface area (Å²) in [7, 11) is 0. The highest BCUT2D eigenvalue weighted by Gasteiger charge is 2.27. The summed E-state index contributed by atoms with van der Waals surface area (Å²) in [6.45, 7) is 3.95. The van der Waals surface area contributed by atoms with Crippen molar-refractivity contribution in [1.82, 2.24) is 4.90 Å². The van der Waals surface area contributed by atoms with Crippen molar-refractivity contribution in [3.05, 3.63) is 11.1 Å². The van der Waals surface area contributed by atoms with Gasteiger partial charge in [-0.2, -0.15) is 0 Å². The van der Waals surface area contributed by atoms with Gasteiger partial charge in [0.15, 0.2) is 5.12 Å². The fourth-order valence-electron chi connectivity index (χ4n) is 1.33. The quantitative estimate of drug-likeness (QED) is 0.560. The zero-order valence-electron chi connectivity index (χ0n) is 10.3. The van der Waals surface area contributed by atoms with E-state index in [0.29, 0.717) is 29.7 Å². The molecule has 1 amide bonds. The molecule has 0 aromatic carbocycles. The van der Waals surface area contributed by atoms with Gasteiger partial charge in [0.05, 0.1) is 23.5 Å². The Labute approximate surface area is 114 Å². The van der Waals surface area contributed by atoms with Gasteiger partial charge in [0.2, 0.25) is 5.91 Å². The lowest BCUT2D eigenvalue weighted by molar-refractivity contribution is -0.137. The Hall–Kier alpha value is -0.950. The highest BCUT2D eigenvalue weighted by molar-refractivity contribution is 8.13. The van der Waals surface area contributed by atoms with Gasteiger partial charge in [0.1, 0.15) is 0 Å². The topological polar surface area (TPSA) is 63.7 Å². The van der Waals surface area contributed by atoms with Gasteiger partial charge in [-0.05, 0) is 6.92 Å². The summed E-state index contributed by atoms with van der Waals surface area (Å²) in [4.78, 5) is 35.3. The zero-order chi connectivity index (χ0) is 13.5. The molecule has 0 N–H and O–H groups in total. The monoisotopic (exact) mass is 289 g/mol. The number of carbonyl (C=O) groups excluding carboxylic acids is 3. The Morgan fingerprint density at radius 1 is 1.56 bits per heavy atom. The first-order chi connectivity index (χ1) is 8.54. The molecule has 1 aliphatic heterocycles. The number of hydrogen-bond donors (Lipinski definition) is 0. The molecule has 0 radical (unpaired) electrons.